The molecule has 2 atom stereocenters. The molecule has 0 bridgehead atoms. The summed E-state index contributed by atoms with van der Waals surface area (Å²) in [5.41, 5.74) is -0.450. The first kappa shape index (κ1) is 14.9. The van der Waals surface area contributed by atoms with Crippen LogP contribution in [0.15, 0.2) is 24.3 Å². The van der Waals surface area contributed by atoms with Crippen LogP contribution in [-0.4, -0.2) is 11.6 Å². The smallest absolute Gasteiger partial charge is 0.416 e. The van der Waals surface area contributed by atoms with E-state index in [-0.39, 0.29) is 17.8 Å². The van der Waals surface area contributed by atoms with Crippen molar-refractivity contribution in [3.8, 4) is 0 Å². The van der Waals surface area contributed by atoms with Gasteiger partial charge in [-0.1, -0.05) is 12.1 Å². The van der Waals surface area contributed by atoms with Gasteiger partial charge in [0.15, 0.2) is 0 Å². The van der Waals surface area contributed by atoms with Crippen LogP contribution in [0.3, 0.4) is 0 Å². The Bertz CT molecular complexity index is 497. The molecular formula is C15H17F3O2. The number of alkyl halides is 3. The number of carbonyl (C=O) groups is 1. The lowest BCUT2D eigenvalue weighted by atomic mass is 10.1. The monoisotopic (exact) mass is 286 g/mol. The maximum Gasteiger partial charge on any atom is 0.416 e. The molecule has 1 fully saturated rings. The first-order chi connectivity index (χ1) is 9.08. The van der Waals surface area contributed by atoms with Crippen molar-refractivity contribution in [2.75, 3.05) is 0 Å². The Morgan fingerprint density at radius 2 is 1.70 bits per heavy atom. The molecule has 20 heavy (non-hydrogen) atoms. The fourth-order valence-electron chi connectivity index (χ4n) is 2.12. The van der Waals surface area contributed by atoms with Crippen molar-refractivity contribution in [1.82, 2.24) is 0 Å². The van der Waals surface area contributed by atoms with E-state index >= 15 is 0 Å². The van der Waals surface area contributed by atoms with Crippen LogP contribution in [0, 0.1) is 5.92 Å². The summed E-state index contributed by atoms with van der Waals surface area (Å²) in [6.45, 7) is 5.38. The highest BCUT2D eigenvalue weighted by atomic mass is 19.4. The summed E-state index contributed by atoms with van der Waals surface area (Å²) in [6.07, 6.45) is -3.69. The average molecular weight is 286 g/mol. The second kappa shape index (κ2) is 4.79. The molecule has 0 amide bonds. The van der Waals surface area contributed by atoms with Crippen LogP contribution in [0.1, 0.15) is 44.2 Å². The normalized spacial score (nSPS) is 22.5. The largest absolute Gasteiger partial charge is 0.460 e. The van der Waals surface area contributed by atoms with Gasteiger partial charge in [-0.25, -0.2) is 0 Å². The van der Waals surface area contributed by atoms with Gasteiger partial charge in [0.2, 0.25) is 0 Å². The van der Waals surface area contributed by atoms with Crippen molar-refractivity contribution in [2.45, 2.75) is 44.9 Å². The Kier molecular flexibility index (Phi) is 3.56. The lowest BCUT2D eigenvalue weighted by molar-refractivity contribution is -0.156. The summed E-state index contributed by atoms with van der Waals surface area (Å²) in [7, 11) is 0. The molecule has 1 saturated carbocycles. The molecule has 0 heterocycles. The van der Waals surface area contributed by atoms with E-state index in [0.717, 1.165) is 17.7 Å². The summed E-state index contributed by atoms with van der Waals surface area (Å²) < 4.78 is 42.6. The zero-order valence-corrected chi connectivity index (χ0v) is 11.6. The van der Waals surface area contributed by atoms with Crippen LogP contribution in [0.5, 0.6) is 0 Å². The average Bonchev–Trinajstić information content (AvgIpc) is 3.05. The van der Waals surface area contributed by atoms with E-state index < -0.39 is 17.3 Å². The van der Waals surface area contributed by atoms with Gasteiger partial charge in [0.25, 0.3) is 0 Å². The standard InChI is InChI=1S/C15H17F3O2/c1-14(2,3)20-13(19)12-8-11(12)9-4-6-10(7-5-9)15(16,17)18/h4-7,11-12H,8H2,1-3H3. The summed E-state index contributed by atoms with van der Waals surface area (Å²) in [5, 5.41) is 0. The maximum absolute atomic E-state index is 12.5. The van der Waals surface area contributed by atoms with Crippen LogP contribution in [-0.2, 0) is 15.7 Å². The fraction of sp³-hybridized carbons (Fsp3) is 0.533. The number of hydrogen-bond donors (Lipinski definition) is 0. The van der Waals surface area contributed by atoms with Gasteiger partial charge >= 0.3 is 12.1 Å². The second-order valence-corrected chi connectivity index (χ2v) is 6.10. The van der Waals surface area contributed by atoms with Crippen LogP contribution >= 0.6 is 0 Å². The van der Waals surface area contributed by atoms with E-state index in [1.54, 1.807) is 20.8 Å². The molecule has 110 valence electrons. The molecule has 0 aromatic heterocycles. The zero-order valence-electron chi connectivity index (χ0n) is 11.6. The number of esters is 1. The molecule has 0 aliphatic heterocycles. The number of benzene rings is 1. The second-order valence-electron chi connectivity index (χ2n) is 6.10. The summed E-state index contributed by atoms with van der Waals surface area (Å²) >= 11 is 0. The molecule has 2 rings (SSSR count). The van der Waals surface area contributed by atoms with E-state index in [1.165, 1.54) is 12.1 Å². The molecule has 1 aromatic rings. The van der Waals surface area contributed by atoms with Crippen molar-refractivity contribution in [3.63, 3.8) is 0 Å². The van der Waals surface area contributed by atoms with Crippen molar-refractivity contribution >= 4 is 5.97 Å². The minimum atomic E-state index is -4.33. The molecule has 1 aromatic carbocycles. The summed E-state index contributed by atoms with van der Waals surface area (Å²) in [5.74, 6) is -0.527. The number of halogens is 3. The molecule has 0 saturated heterocycles. The predicted molar refractivity (Wildman–Crippen MR) is 68.1 cm³/mol. The highest BCUT2D eigenvalue weighted by Crippen LogP contribution is 2.49. The summed E-state index contributed by atoms with van der Waals surface area (Å²) in [6, 6.07) is 5.00. The highest BCUT2D eigenvalue weighted by Gasteiger charge is 2.46. The van der Waals surface area contributed by atoms with Crippen molar-refractivity contribution in [1.29, 1.82) is 0 Å². The third-order valence-electron chi connectivity index (χ3n) is 3.17. The lowest BCUT2D eigenvalue weighted by Crippen LogP contribution is -2.25. The number of hydrogen-bond acceptors (Lipinski definition) is 2. The molecule has 1 aliphatic carbocycles. The SMILES string of the molecule is CC(C)(C)OC(=O)C1CC1c1ccc(C(F)(F)F)cc1. The zero-order chi connectivity index (χ0) is 15.1. The first-order valence-electron chi connectivity index (χ1n) is 6.48. The molecule has 0 radical (unpaired) electrons. The van der Waals surface area contributed by atoms with Crippen molar-refractivity contribution in [2.24, 2.45) is 5.92 Å². The van der Waals surface area contributed by atoms with Crippen LogP contribution < -0.4 is 0 Å². The molecule has 2 nitrogen and oxygen atoms in total. The minimum absolute atomic E-state index is 0.0212. The Morgan fingerprint density at radius 1 is 1.15 bits per heavy atom. The van der Waals surface area contributed by atoms with Gasteiger partial charge in [0.05, 0.1) is 11.5 Å². The molecule has 2 unspecified atom stereocenters. The third-order valence-corrected chi connectivity index (χ3v) is 3.17. The van der Waals surface area contributed by atoms with Crippen LogP contribution in [0.25, 0.3) is 0 Å². The van der Waals surface area contributed by atoms with E-state index in [4.69, 9.17) is 4.74 Å². The van der Waals surface area contributed by atoms with Gasteiger partial charge < -0.3 is 4.74 Å². The van der Waals surface area contributed by atoms with E-state index in [0.29, 0.717) is 6.42 Å². The van der Waals surface area contributed by atoms with Gasteiger partial charge in [-0.2, -0.15) is 13.2 Å². The fourth-order valence-corrected chi connectivity index (χ4v) is 2.12. The van der Waals surface area contributed by atoms with Gasteiger partial charge in [-0.05, 0) is 50.8 Å². The van der Waals surface area contributed by atoms with Crippen molar-refractivity contribution < 1.29 is 22.7 Å². The number of rotatable bonds is 2. The van der Waals surface area contributed by atoms with Crippen molar-refractivity contribution in [3.05, 3.63) is 35.4 Å². The first-order valence-corrected chi connectivity index (χ1v) is 6.48. The molecule has 0 N–H and O–H groups in total. The number of ether oxygens (including phenoxy) is 1. The van der Waals surface area contributed by atoms with Gasteiger partial charge in [-0.15, -0.1) is 0 Å². The molecule has 5 heteroatoms. The van der Waals surface area contributed by atoms with Crippen LogP contribution in [0.4, 0.5) is 13.2 Å². The lowest BCUT2D eigenvalue weighted by Gasteiger charge is -2.19. The van der Waals surface area contributed by atoms with Gasteiger partial charge in [0, 0.05) is 0 Å². The quantitative estimate of drug-likeness (QED) is 0.763. The van der Waals surface area contributed by atoms with E-state index in [1.807, 2.05) is 0 Å². The highest BCUT2D eigenvalue weighted by molar-refractivity contribution is 5.77. The topological polar surface area (TPSA) is 26.3 Å². The predicted octanol–water partition coefficient (Wildman–Crippen LogP) is 4.15. The molecule has 0 spiro atoms. The third kappa shape index (κ3) is 3.52. The Hall–Kier alpha value is -1.52. The maximum atomic E-state index is 12.5. The Morgan fingerprint density at radius 3 is 2.15 bits per heavy atom. The summed E-state index contributed by atoms with van der Waals surface area (Å²) in [4.78, 5) is 11.8. The van der Waals surface area contributed by atoms with Crippen LogP contribution in [0.2, 0.25) is 0 Å². The Balaban J connectivity index is 2.00. The van der Waals surface area contributed by atoms with Gasteiger partial charge in [-0.3, -0.25) is 4.79 Å². The molecule has 1 aliphatic rings. The van der Waals surface area contributed by atoms with E-state index in [9.17, 15) is 18.0 Å². The Labute approximate surface area is 115 Å². The van der Waals surface area contributed by atoms with E-state index in [2.05, 4.69) is 0 Å². The minimum Gasteiger partial charge on any atom is -0.460 e. The molecular weight excluding hydrogens is 269 g/mol. The number of carbonyl (C=O) groups excluding carboxylic acids is 1. The van der Waals surface area contributed by atoms with Gasteiger partial charge in [0.1, 0.15) is 5.60 Å².